The Morgan fingerprint density at radius 1 is 1.06 bits per heavy atom. The Kier molecular flexibility index (Phi) is 9.05. The van der Waals surface area contributed by atoms with Gasteiger partial charge in [-0.2, -0.15) is 5.10 Å². The highest BCUT2D eigenvalue weighted by Gasteiger charge is 2.42. The quantitative estimate of drug-likeness (QED) is 0.364. The van der Waals surface area contributed by atoms with Crippen LogP contribution in [0, 0.1) is 5.92 Å². The molecule has 3 aliphatic heterocycles. The molecule has 6 heterocycles. The Labute approximate surface area is 280 Å². The Bertz CT molecular complexity index is 1610. The highest BCUT2D eigenvalue weighted by atomic mass is 32.1. The van der Waals surface area contributed by atoms with Crippen LogP contribution < -0.4 is 10.6 Å². The molecule has 0 radical (unpaired) electrons. The predicted octanol–water partition coefficient (Wildman–Crippen LogP) is 4.89. The van der Waals surface area contributed by atoms with Crippen molar-refractivity contribution in [2.75, 3.05) is 50.5 Å². The van der Waals surface area contributed by atoms with Crippen LogP contribution in [0.1, 0.15) is 99.3 Å². The maximum atomic E-state index is 14.0. The summed E-state index contributed by atoms with van der Waals surface area (Å²) in [5, 5.41) is 13.3. The van der Waals surface area contributed by atoms with Gasteiger partial charge in [-0.1, -0.05) is 20.8 Å². The van der Waals surface area contributed by atoms with E-state index in [1.807, 2.05) is 21.2 Å². The van der Waals surface area contributed by atoms with Crippen LogP contribution >= 0.6 is 11.3 Å². The number of hydrogen-bond acceptors (Lipinski definition) is 10. The molecular weight excluding hydrogens is 615 g/mol. The minimum Gasteiger partial charge on any atom is -0.357 e. The smallest absolute Gasteiger partial charge is 0.278 e. The van der Waals surface area contributed by atoms with E-state index in [2.05, 4.69) is 46.3 Å². The summed E-state index contributed by atoms with van der Waals surface area (Å²) in [5.41, 5.74) is 4.11. The van der Waals surface area contributed by atoms with Crippen molar-refractivity contribution in [3.05, 3.63) is 34.1 Å². The summed E-state index contributed by atoms with van der Waals surface area (Å²) in [7, 11) is 1.80. The van der Waals surface area contributed by atoms with Crippen LogP contribution in [0.5, 0.6) is 0 Å². The van der Waals surface area contributed by atoms with Crippen molar-refractivity contribution in [1.29, 1.82) is 0 Å². The Hall–Kier alpha value is -3.42. The second-order valence-corrected chi connectivity index (χ2v) is 15.2. The van der Waals surface area contributed by atoms with E-state index in [1.165, 1.54) is 37.3 Å². The molecule has 2 amide bonds. The molecule has 1 unspecified atom stereocenters. The molecule has 252 valence electrons. The number of piperidine rings is 2. The lowest BCUT2D eigenvalue weighted by Gasteiger charge is -2.41. The second kappa shape index (κ2) is 13.2. The van der Waals surface area contributed by atoms with Crippen LogP contribution in [0.4, 0.5) is 11.1 Å². The zero-order valence-corrected chi connectivity index (χ0v) is 28.9. The second-order valence-electron chi connectivity index (χ2n) is 14.3. The first-order valence-corrected chi connectivity index (χ1v) is 18.1. The first kappa shape index (κ1) is 32.1. The van der Waals surface area contributed by atoms with Crippen LogP contribution in [0.25, 0.3) is 11.4 Å². The van der Waals surface area contributed by atoms with Gasteiger partial charge in [0, 0.05) is 49.9 Å². The number of fused-ring (bicyclic) bond motifs is 3. The number of ether oxygens (including phenoxy) is 1. The van der Waals surface area contributed by atoms with E-state index in [1.54, 1.807) is 7.05 Å². The molecule has 47 heavy (non-hydrogen) atoms. The van der Waals surface area contributed by atoms with E-state index in [0.717, 1.165) is 73.6 Å². The van der Waals surface area contributed by atoms with Crippen LogP contribution in [-0.2, 0) is 27.8 Å². The molecule has 3 saturated heterocycles. The van der Waals surface area contributed by atoms with Gasteiger partial charge in [-0.15, -0.1) is 11.3 Å². The standard InChI is InChI=1S/C34H47N9O3S/c1-21-8-12-41(13-9-21)24-10-14-42(15-11-24)25(44)17-23-20-47-33(37-23)39-31(45)29-27-30(43(40-29)26-7-5-6-16-46-26)28-22(18-34(27,2)3)19-36-32(35-4)38-28/h19-21,24,26H,5-18H2,1-4H3,(H,35,36,38)(H,37,39,45). The number of anilines is 2. The SMILES string of the molecule is CNc1ncc2c(n1)-c1c(c(C(=O)Nc3nc(CC(=O)N4CCC(N5CCC(C)CC5)CC4)cs3)nn1C1CCCCO1)C(C)(C)C2. The average Bonchev–Trinajstić information content (AvgIpc) is 3.71. The number of carbonyl (C=O) groups excluding carboxylic acids is 2. The van der Waals surface area contributed by atoms with Gasteiger partial charge < -0.3 is 19.9 Å². The van der Waals surface area contributed by atoms with Crippen LogP contribution in [0.3, 0.4) is 0 Å². The number of likely N-dealkylation sites (tertiary alicyclic amines) is 2. The molecular formula is C34H47N9O3S. The molecule has 12 nitrogen and oxygen atoms in total. The highest BCUT2D eigenvalue weighted by Crippen LogP contribution is 2.46. The molecule has 0 saturated carbocycles. The van der Waals surface area contributed by atoms with Gasteiger partial charge in [0.15, 0.2) is 17.1 Å². The van der Waals surface area contributed by atoms with Crippen molar-refractivity contribution < 1.29 is 14.3 Å². The van der Waals surface area contributed by atoms with Crippen LogP contribution in [0.2, 0.25) is 0 Å². The van der Waals surface area contributed by atoms with E-state index in [4.69, 9.17) is 14.8 Å². The molecule has 1 atom stereocenters. The number of nitrogens with one attached hydrogen (secondary N) is 2. The van der Waals surface area contributed by atoms with Crippen molar-refractivity contribution in [1.82, 2.24) is 34.5 Å². The normalized spacial score (nSPS) is 22.0. The van der Waals surface area contributed by atoms with Gasteiger partial charge in [0.1, 0.15) is 0 Å². The van der Waals surface area contributed by atoms with Crippen molar-refractivity contribution in [3.8, 4) is 11.4 Å². The van der Waals surface area contributed by atoms with Gasteiger partial charge in [-0.05, 0) is 81.4 Å². The molecule has 4 aliphatic rings. The average molecular weight is 662 g/mol. The molecule has 0 spiro atoms. The monoisotopic (exact) mass is 661 g/mol. The lowest BCUT2D eigenvalue weighted by atomic mass is 9.73. The van der Waals surface area contributed by atoms with Crippen LogP contribution in [0.15, 0.2) is 11.6 Å². The predicted molar refractivity (Wildman–Crippen MR) is 182 cm³/mol. The summed E-state index contributed by atoms with van der Waals surface area (Å²) < 4.78 is 8.04. The third kappa shape index (κ3) is 6.54. The molecule has 2 N–H and O–H groups in total. The number of rotatable bonds is 7. The molecule has 13 heteroatoms. The Morgan fingerprint density at radius 2 is 1.85 bits per heavy atom. The molecule has 0 aromatic carbocycles. The third-order valence-corrected chi connectivity index (χ3v) is 11.2. The van der Waals surface area contributed by atoms with E-state index in [9.17, 15) is 9.59 Å². The summed E-state index contributed by atoms with van der Waals surface area (Å²) in [6.07, 6.45) is 9.97. The van der Waals surface area contributed by atoms with Gasteiger partial charge in [0.2, 0.25) is 11.9 Å². The fourth-order valence-corrected chi connectivity index (χ4v) is 8.46. The lowest BCUT2D eigenvalue weighted by molar-refractivity contribution is -0.132. The van der Waals surface area contributed by atoms with Gasteiger partial charge in [-0.25, -0.2) is 19.6 Å². The van der Waals surface area contributed by atoms with Crippen molar-refractivity contribution >= 4 is 34.2 Å². The maximum absolute atomic E-state index is 14.0. The third-order valence-electron chi connectivity index (χ3n) is 10.4. The minimum absolute atomic E-state index is 0.0996. The largest absolute Gasteiger partial charge is 0.357 e. The van der Waals surface area contributed by atoms with Gasteiger partial charge in [0.05, 0.1) is 23.5 Å². The number of nitrogens with zero attached hydrogens (tertiary/aromatic N) is 7. The number of carbonyl (C=O) groups is 2. The summed E-state index contributed by atoms with van der Waals surface area (Å²) in [4.78, 5) is 45.8. The number of aromatic nitrogens is 5. The summed E-state index contributed by atoms with van der Waals surface area (Å²) in [5.74, 6) is 1.12. The zero-order chi connectivity index (χ0) is 32.7. The molecule has 0 bridgehead atoms. The summed E-state index contributed by atoms with van der Waals surface area (Å²) in [6.45, 7) is 11.2. The Balaban J connectivity index is 1.06. The van der Waals surface area contributed by atoms with E-state index >= 15 is 0 Å². The minimum atomic E-state index is -0.396. The molecule has 7 rings (SSSR count). The fraction of sp³-hybridized carbons (Fsp3) is 0.647. The van der Waals surface area contributed by atoms with Gasteiger partial charge in [-0.3, -0.25) is 14.9 Å². The first-order chi connectivity index (χ1) is 22.7. The fourth-order valence-electron chi connectivity index (χ4n) is 7.76. The first-order valence-electron chi connectivity index (χ1n) is 17.3. The molecule has 3 fully saturated rings. The number of amides is 2. The van der Waals surface area contributed by atoms with E-state index < -0.39 is 5.41 Å². The highest BCUT2D eigenvalue weighted by molar-refractivity contribution is 7.14. The molecule has 3 aromatic heterocycles. The topological polar surface area (TPSA) is 130 Å². The van der Waals surface area contributed by atoms with Crippen molar-refractivity contribution in [3.63, 3.8) is 0 Å². The van der Waals surface area contributed by atoms with Crippen molar-refractivity contribution in [2.24, 2.45) is 5.92 Å². The van der Waals surface area contributed by atoms with E-state index in [-0.39, 0.29) is 24.5 Å². The van der Waals surface area contributed by atoms with Crippen LogP contribution in [-0.4, -0.2) is 92.2 Å². The molecule has 1 aliphatic carbocycles. The summed E-state index contributed by atoms with van der Waals surface area (Å²) >= 11 is 1.34. The van der Waals surface area contributed by atoms with Gasteiger partial charge in [0.25, 0.3) is 5.91 Å². The maximum Gasteiger partial charge on any atom is 0.278 e. The number of thiazole rings is 1. The molecule has 3 aromatic rings. The van der Waals surface area contributed by atoms with E-state index in [0.29, 0.717) is 41.5 Å². The van der Waals surface area contributed by atoms with Crippen molar-refractivity contribution in [2.45, 2.75) is 96.2 Å². The number of hydrogen-bond donors (Lipinski definition) is 2. The summed E-state index contributed by atoms with van der Waals surface area (Å²) in [6, 6.07) is 0.586. The Morgan fingerprint density at radius 3 is 2.57 bits per heavy atom. The zero-order valence-electron chi connectivity index (χ0n) is 28.0. The lowest BCUT2D eigenvalue weighted by Crippen LogP contribution is -2.49. The van der Waals surface area contributed by atoms with Gasteiger partial charge >= 0.3 is 0 Å².